The number of anilines is 1. The number of Topliss-reactive ketones (excluding diaryl/α,β-unsaturated/α-hetero) is 1. The number of phenols is 3. The molecule has 5 bridgehead atoms. The van der Waals surface area contributed by atoms with Crippen LogP contribution in [0.15, 0.2) is 41.2 Å². The summed E-state index contributed by atoms with van der Waals surface area (Å²) in [5, 5.41) is 66.8. The Morgan fingerprint density at radius 2 is 1.61 bits per heavy atom. The molecule has 16 heteroatoms. The van der Waals surface area contributed by atoms with Crippen molar-refractivity contribution in [2.24, 2.45) is 28.8 Å². The molecule has 6 N–H and O–H groups in total. The van der Waals surface area contributed by atoms with E-state index in [1.165, 1.54) is 59.4 Å². The molecule has 59 heavy (non-hydrogen) atoms. The molecule has 0 radical (unpaired) electrons. The number of piperazine rings is 1. The summed E-state index contributed by atoms with van der Waals surface area (Å²) in [6.07, 6.45) is 4.86. The van der Waals surface area contributed by atoms with Gasteiger partial charge in [0.25, 0.3) is 11.7 Å². The number of nitrogens with zero attached hydrogens (tertiary/aromatic N) is 3. The summed E-state index contributed by atoms with van der Waals surface area (Å²) in [4.78, 5) is 42.6. The van der Waals surface area contributed by atoms with Gasteiger partial charge in [0.2, 0.25) is 0 Å². The van der Waals surface area contributed by atoms with Crippen LogP contribution in [-0.4, -0.2) is 130 Å². The smallest absolute Gasteiger partial charge is 0.312 e. The first kappa shape index (κ1) is 44.9. The lowest BCUT2D eigenvalue weighted by Gasteiger charge is -2.38. The quantitative estimate of drug-likeness (QED) is 0.109. The molecule has 0 aliphatic carbocycles. The Kier molecular flexibility index (Phi) is 13.7. The molecular formula is C43H58N4O12. The second-order valence-electron chi connectivity index (χ2n) is 16.1. The molecule has 16 nitrogen and oxygen atoms in total. The molecule has 4 aliphatic rings. The maximum absolute atomic E-state index is 14.4. The van der Waals surface area contributed by atoms with Gasteiger partial charge in [-0.2, -0.15) is 5.10 Å². The average Bonchev–Trinajstić information content (AvgIpc) is 3.46. The zero-order valence-corrected chi connectivity index (χ0v) is 35.3. The number of allylic oxidation sites excluding steroid dienone is 2. The van der Waals surface area contributed by atoms with Crippen LogP contribution in [0.3, 0.4) is 0 Å². The third-order valence-corrected chi connectivity index (χ3v) is 11.9. The first-order chi connectivity index (χ1) is 27.7. The summed E-state index contributed by atoms with van der Waals surface area (Å²) in [5.41, 5.74) is -0.350. The lowest BCUT2D eigenvalue weighted by atomic mass is 9.78. The molecule has 6 rings (SSSR count). The van der Waals surface area contributed by atoms with E-state index < -0.39 is 88.8 Å². The fourth-order valence-electron chi connectivity index (χ4n) is 7.92. The number of ketones is 1. The fourth-order valence-corrected chi connectivity index (χ4v) is 7.92. The standard InChI is InChI=1S/C43H58N4O12/c1-21-12-11-13-22(2)42(55)45-33-28(20-44-47-17-15-46(9)16-18-47)37(52)30-31(38(33)53)36(51)26(6)40-32(30)41(54)43(8,59-40)57-19-14-29(56-10)23(3)39(58-27(7)48)25(5)35(50)24(4)34(21)49/h11-14,19-21,23-25,29,34-35,39,49-53H,15-18H2,1-10H3,(H,45,55)/b12-11-,19-14-,22-13-,44-20?/t21-,23-,24-,25-,29-,34+,35+,39-,43-/m0/s1. The molecule has 0 aromatic heterocycles. The predicted molar refractivity (Wildman–Crippen MR) is 220 cm³/mol. The topological polar surface area (TPSA) is 220 Å². The Bertz CT molecular complexity index is 2070. The Labute approximate surface area is 344 Å². The summed E-state index contributed by atoms with van der Waals surface area (Å²) in [7, 11) is 3.42. The highest BCUT2D eigenvalue weighted by Gasteiger charge is 2.50. The summed E-state index contributed by atoms with van der Waals surface area (Å²) in [6.45, 7) is 15.1. The number of amides is 1. The molecule has 9 atom stereocenters. The van der Waals surface area contributed by atoms with Crippen molar-refractivity contribution in [2.45, 2.75) is 85.6 Å². The number of ether oxygens (including phenoxy) is 4. The van der Waals surface area contributed by atoms with Crippen LogP contribution < -0.4 is 10.1 Å². The zero-order valence-electron chi connectivity index (χ0n) is 35.3. The van der Waals surface area contributed by atoms with Crippen LogP contribution in [0, 0.1) is 30.6 Å². The molecule has 0 unspecified atom stereocenters. The number of aliphatic hydroxyl groups is 2. The molecule has 1 amide bonds. The SMILES string of the molecule is CO[C@H]1/C=C\O[C@@]2(C)Oc3c(C)c(O)c4c(O)c(c(C=NN5CCN(C)CC5)c(O)c4c3C2=O)NC(=O)/C(C)=C\C=C/[C@H](C)[C@@H](O)[C@H](C)[C@@H](O)[C@H](C)[C@@H](OC(C)=O)[C@H]1C. The first-order valence-electron chi connectivity index (χ1n) is 19.8. The highest BCUT2D eigenvalue weighted by molar-refractivity contribution is 6.23. The number of nitrogens with one attached hydrogen (secondary N) is 1. The molecule has 322 valence electrons. The molecule has 1 fully saturated rings. The molecule has 1 saturated heterocycles. The van der Waals surface area contributed by atoms with Crippen molar-refractivity contribution in [1.29, 1.82) is 0 Å². The number of likely N-dealkylation sites (N-methyl/N-ethyl adjacent to an activating group) is 1. The number of hydrazone groups is 1. The second-order valence-corrected chi connectivity index (χ2v) is 16.1. The van der Waals surface area contributed by atoms with E-state index in [4.69, 9.17) is 18.9 Å². The van der Waals surface area contributed by atoms with E-state index in [1.807, 2.05) is 7.05 Å². The summed E-state index contributed by atoms with van der Waals surface area (Å²) >= 11 is 0. The Hall–Kier alpha value is -5.16. The van der Waals surface area contributed by atoms with Gasteiger partial charge in [-0.15, -0.1) is 0 Å². The van der Waals surface area contributed by atoms with Gasteiger partial charge in [-0.05, 0) is 27.0 Å². The fraction of sp³-hybridized carbons (Fsp3) is 0.535. The van der Waals surface area contributed by atoms with Gasteiger partial charge < -0.3 is 54.7 Å². The summed E-state index contributed by atoms with van der Waals surface area (Å²) in [5.74, 6) is -8.34. The van der Waals surface area contributed by atoms with Gasteiger partial charge in [-0.3, -0.25) is 19.4 Å². The lowest BCUT2D eigenvalue weighted by Crippen LogP contribution is -2.46. The van der Waals surface area contributed by atoms with Gasteiger partial charge >= 0.3 is 11.8 Å². The van der Waals surface area contributed by atoms with E-state index in [0.717, 1.165) is 13.1 Å². The number of hydrogen-bond acceptors (Lipinski definition) is 15. The first-order valence-corrected chi connectivity index (χ1v) is 19.8. The lowest BCUT2D eigenvalue weighted by molar-refractivity contribution is -0.160. The van der Waals surface area contributed by atoms with E-state index in [0.29, 0.717) is 13.1 Å². The van der Waals surface area contributed by atoms with Crippen LogP contribution in [0.4, 0.5) is 5.69 Å². The maximum Gasteiger partial charge on any atom is 0.312 e. The minimum atomic E-state index is -2.04. The van der Waals surface area contributed by atoms with Crippen molar-refractivity contribution in [1.82, 2.24) is 9.91 Å². The van der Waals surface area contributed by atoms with Crippen molar-refractivity contribution in [3.63, 3.8) is 0 Å². The molecule has 0 saturated carbocycles. The van der Waals surface area contributed by atoms with Gasteiger partial charge in [0.05, 0.1) is 53.0 Å². The van der Waals surface area contributed by atoms with Crippen LogP contribution in [0.25, 0.3) is 10.8 Å². The minimum Gasteiger partial charge on any atom is -0.507 e. The number of esters is 1. The van der Waals surface area contributed by atoms with Crippen LogP contribution in [-0.2, 0) is 23.8 Å². The van der Waals surface area contributed by atoms with Crippen molar-refractivity contribution in [3.8, 4) is 23.0 Å². The number of rotatable bonds is 4. The molecular weight excluding hydrogens is 764 g/mol. The number of carbonyl (C=O) groups excluding carboxylic acids is 3. The molecule has 4 heterocycles. The summed E-state index contributed by atoms with van der Waals surface area (Å²) < 4.78 is 23.6. The normalized spacial score (nSPS) is 32.1. The zero-order chi connectivity index (χ0) is 43.7. The highest BCUT2D eigenvalue weighted by atomic mass is 16.7. The number of benzene rings is 2. The van der Waals surface area contributed by atoms with Gasteiger partial charge in [0, 0.05) is 87.3 Å². The average molecular weight is 823 g/mol. The number of phenolic OH excluding ortho intramolecular Hbond substituents is 3. The number of hydrogen-bond donors (Lipinski definition) is 6. The third-order valence-electron chi connectivity index (χ3n) is 11.9. The predicted octanol–water partition coefficient (Wildman–Crippen LogP) is 4.34. The van der Waals surface area contributed by atoms with Crippen LogP contribution in [0.5, 0.6) is 23.0 Å². The second kappa shape index (κ2) is 18.0. The largest absolute Gasteiger partial charge is 0.507 e. The Morgan fingerprint density at radius 3 is 2.24 bits per heavy atom. The van der Waals surface area contributed by atoms with Crippen molar-refractivity contribution in [2.75, 3.05) is 45.7 Å². The maximum atomic E-state index is 14.4. The number of aliphatic hydroxyl groups excluding tert-OH is 2. The van der Waals surface area contributed by atoms with Gasteiger partial charge in [-0.25, -0.2) is 0 Å². The van der Waals surface area contributed by atoms with Gasteiger partial charge in [0.15, 0.2) is 5.75 Å². The van der Waals surface area contributed by atoms with Crippen molar-refractivity contribution >= 4 is 40.3 Å². The number of carbonyl (C=O) groups is 3. The van der Waals surface area contributed by atoms with Crippen molar-refractivity contribution in [3.05, 3.63) is 52.8 Å². The third kappa shape index (κ3) is 8.91. The highest BCUT2D eigenvalue weighted by Crippen LogP contribution is 2.55. The number of methoxy groups -OCH3 is 1. The van der Waals surface area contributed by atoms with E-state index in [1.54, 1.807) is 44.9 Å². The number of fused-ring (bicyclic) bond motifs is 14. The van der Waals surface area contributed by atoms with Gasteiger partial charge in [-0.1, -0.05) is 45.9 Å². The van der Waals surface area contributed by atoms with Crippen LogP contribution >= 0.6 is 0 Å². The molecule has 2 aromatic rings. The van der Waals surface area contributed by atoms with Crippen LogP contribution in [0.1, 0.15) is 70.0 Å². The van der Waals surface area contributed by atoms with E-state index in [9.17, 15) is 39.9 Å². The molecule has 2 aromatic carbocycles. The van der Waals surface area contributed by atoms with Gasteiger partial charge in [0.1, 0.15) is 23.4 Å². The van der Waals surface area contributed by atoms with E-state index in [2.05, 4.69) is 15.3 Å². The van der Waals surface area contributed by atoms with E-state index in [-0.39, 0.29) is 44.5 Å². The summed E-state index contributed by atoms with van der Waals surface area (Å²) in [6, 6.07) is 0. The Balaban J connectivity index is 1.70. The monoisotopic (exact) mass is 822 g/mol. The molecule has 4 aliphatic heterocycles. The molecule has 0 spiro atoms. The number of aromatic hydroxyl groups is 3. The van der Waals surface area contributed by atoms with E-state index >= 15 is 0 Å². The van der Waals surface area contributed by atoms with Crippen LogP contribution in [0.2, 0.25) is 0 Å². The van der Waals surface area contributed by atoms with Crippen molar-refractivity contribution < 1.29 is 58.9 Å². The minimum absolute atomic E-state index is 0.0559. The Morgan fingerprint density at radius 1 is 0.949 bits per heavy atom.